The maximum atomic E-state index is 12.2. The summed E-state index contributed by atoms with van der Waals surface area (Å²) in [5.74, 6) is 1.83. The summed E-state index contributed by atoms with van der Waals surface area (Å²) in [5, 5.41) is 13.5. The number of methoxy groups -OCH3 is 1. The summed E-state index contributed by atoms with van der Waals surface area (Å²) in [6.07, 6.45) is 3.04. The molecule has 6 nitrogen and oxygen atoms in total. The van der Waals surface area contributed by atoms with E-state index in [4.69, 9.17) is 9.47 Å². The first-order chi connectivity index (χ1) is 11.2. The number of alkyl carbamates (subject to hydrolysis) is 1. The van der Waals surface area contributed by atoms with E-state index < -0.39 is 29.8 Å². The molecule has 24 heavy (non-hydrogen) atoms. The van der Waals surface area contributed by atoms with Crippen molar-refractivity contribution in [1.29, 1.82) is 0 Å². The first kappa shape index (κ1) is 17.5. The zero-order chi connectivity index (χ0) is 17.6. The molecule has 0 heterocycles. The molecule has 2 N–H and O–H groups in total. The molecule has 4 aliphatic rings. The minimum Gasteiger partial charge on any atom is -0.467 e. The van der Waals surface area contributed by atoms with Crippen molar-refractivity contribution < 1.29 is 24.2 Å². The van der Waals surface area contributed by atoms with E-state index >= 15 is 0 Å². The van der Waals surface area contributed by atoms with Crippen LogP contribution in [0.15, 0.2) is 0 Å². The molecule has 6 heteroatoms. The van der Waals surface area contributed by atoms with E-state index in [9.17, 15) is 14.7 Å². The van der Waals surface area contributed by atoms with Gasteiger partial charge in [0.15, 0.2) is 6.04 Å². The number of rotatable bonds is 4. The third kappa shape index (κ3) is 3.25. The van der Waals surface area contributed by atoms with Crippen LogP contribution in [0.2, 0.25) is 0 Å². The lowest BCUT2D eigenvalue weighted by molar-refractivity contribution is -0.148. The summed E-state index contributed by atoms with van der Waals surface area (Å²) in [4.78, 5) is 24.2. The number of nitrogens with one attached hydrogen (secondary N) is 1. The first-order valence-electron chi connectivity index (χ1n) is 8.95. The average molecular weight is 339 g/mol. The highest BCUT2D eigenvalue weighted by atomic mass is 16.6. The molecule has 4 bridgehead atoms. The Kier molecular flexibility index (Phi) is 4.53. The number of aliphatic hydroxyl groups excluding tert-OH is 1. The summed E-state index contributed by atoms with van der Waals surface area (Å²) in [6, 6.07) is -1.08. The molecule has 0 aromatic rings. The van der Waals surface area contributed by atoms with E-state index in [0.29, 0.717) is 17.8 Å². The Bertz CT molecular complexity index is 510. The lowest BCUT2D eigenvalue weighted by Crippen LogP contribution is -2.54. The van der Waals surface area contributed by atoms with Gasteiger partial charge < -0.3 is 19.9 Å². The highest BCUT2D eigenvalue weighted by Crippen LogP contribution is 2.62. The van der Waals surface area contributed by atoms with Gasteiger partial charge in [-0.2, -0.15) is 0 Å². The van der Waals surface area contributed by atoms with Crippen molar-refractivity contribution >= 4 is 12.1 Å². The number of carbonyl (C=O) groups excluding carboxylic acids is 2. The number of ether oxygens (including phenoxy) is 2. The summed E-state index contributed by atoms with van der Waals surface area (Å²) < 4.78 is 10.0. The highest BCUT2D eigenvalue weighted by Gasteiger charge is 2.57. The molecule has 0 aliphatic heterocycles. The van der Waals surface area contributed by atoms with Crippen LogP contribution in [0.1, 0.15) is 46.5 Å². The minimum atomic E-state index is -1.08. The van der Waals surface area contributed by atoms with Gasteiger partial charge >= 0.3 is 12.1 Å². The van der Waals surface area contributed by atoms with Gasteiger partial charge in [-0.3, -0.25) is 0 Å². The van der Waals surface area contributed by atoms with Crippen LogP contribution in [-0.4, -0.2) is 42.0 Å². The standard InChI is InChI=1S/C18H29NO5/c1-18(2,3)24-17(22)19-14(16(21)23-4)15(20)13-11-6-9-5-10(8-11)12(13)7-9/h9-15,20H,5-8H2,1-4H3,(H,19,22)/t9-,10-,11-,12-,13-,14-,15-/m0/s1. The summed E-state index contributed by atoms with van der Waals surface area (Å²) in [7, 11) is 1.27. The van der Waals surface area contributed by atoms with Crippen molar-refractivity contribution in [3.05, 3.63) is 0 Å². The fourth-order valence-corrected chi connectivity index (χ4v) is 5.39. The second-order valence-electron chi connectivity index (χ2n) is 8.71. The van der Waals surface area contributed by atoms with Crippen molar-refractivity contribution in [3.63, 3.8) is 0 Å². The van der Waals surface area contributed by atoms with E-state index in [1.807, 2.05) is 0 Å². The summed E-state index contributed by atoms with van der Waals surface area (Å²) in [5.41, 5.74) is -0.666. The van der Waals surface area contributed by atoms with Gasteiger partial charge in [0.2, 0.25) is 0 Å². The molecule has 4 rings (SSSR count). The number of hydrogen-bond acceptors (Lipinski definition) is 5. The van der Waals surface area contributed by atoms with Crippen LogP contribution in [0.4, 0.5) is 4.79 Å². The maximum Gasteiger partial charge on any atom is 0.408 e. The molecule has 0 radical (unpaired) electrons. The topological polar surface area (TPSA) is 84.9 Å². The predicted molar refractivity (Wildman–Crippen MR) is 87.1 cm³/mol. The van der Waals surface area contributed by atoms with Gasteiger partial charge in [-0.05, 0) is 76.0 Å². The molecule has 4 saturated carbocycles. The van der Waals surface area contributed by atoms with Gasteiger partial charge in [0.05, 0.1) is 13.2 Å². The van der Waals surface area contributed by atoms with Crippen LogP contribution in [0, 0.1) is 29.6 Å². The fraction of sp³-hybridized carbons (Fsp3) is 0.889. The van der Waals surface area contributed by atoms with Crippen LogP contribution >= 0.6 is 0 Å². The van der Waals surface area contributed by atoms with Gasteiger partial charge in [-0.25, -0.2) is 9.59 Å². The average Bonchev–Trinajstić information content (AvgIpc) is 2.89. The zero-order valence-corrected chi connectivity index (χ0v) is 15.0. The van der Waals surface area contributed by atoms with Crippen LogP contribution in [0.5, 0.6) is 0 Å². The van der Waals surface area contributed by atoms with Crippen molar-refractivity contribution in [1.82, 2.24) is 5.32 Å². The Morgan fingerprint density at radius 1 is 1.12 bits per heavy atom. The maximum absolute atomic E-state index is 12.2. The molecule has 0 aromatic carbocycles. The Hall–Kier alpha value is -1.30. The third-order valence-corrected chi connectivity index (χ3v) is 5.99. The van der Waals surface area contributed by atoms with E-state index in [1.54, 1.807) is 20.8 Å². The van der Waals surface area contributed by atoms with Crippen LogP contribution < -0.4 is 5.32 Å². The monoisotopic (exact) mass is 339 g/mol. The number of esters is 1. The first-order valence-corrected chi connectivity index (χ1v) is 8.95. The normalized spacial score (nSPS) is 36.3. The second-order valence-corrected chi connectivity index (χ2v) is 8.71. The Labute approximate surface area is 143 Å². The van der Waals surface area contributed by atoms with Gasteiger partial charge in [-0.15, -0.1) is 0 Å². The Morgan fingerprint density at radius 3 is 2.38 bits per heavy atom. The molecule has 0 saturated heterocycles. The minimum absolute atomic E-state index is 0.0628. The molecule has 1 amide bonds. The molecule has 136 valence electrons. The number of hydrogen-bond donors (Lipinski definition) is 2. The number of aliphatic hydroxyl groups is 1. The lowest BCUT2D eigenvalue weighted by Gasteiger charge is -2.37. The quantitative estimate of drug-likeness (QED) is 0.766. The molecule has 0 unspecified atom stereocenters. The van der Waals surface area contributed by atoms with Crippen LogP contribution in [0.3, 0.4) is 0 Å². The molecule has 0 spiro atoms. The molecule has 7 atom stereocenters. The van der Waals surface area contributed by atoms with Crippen LogP contribution in [0.25, 0.3) is 0 Å². The Balaban J connectivity index is 1.72. The fourth-order valence-electron chi connectivity index (χ4n) is 5.39. The molecular weight excluding hydrogens is 310 g/mol. The second kappa shape index (κ2) is 6.21. The zero-order valence-electron chi connectivity index (χ0n) is 15.0. The van der Waals surface area contributed by atoms with E-state index in [-0.39, 0.29) is 5.92 Å². The third-order valence-electron chi connectivity index (χ3n) is 5.99. The van der Waals surface area contributed by atoms with E-state index in [0.717, 1.165) is 25.2 Å². The molecular formula is C18H29NO5. The molecule has 0 aromatic heterocycles. The highest BCUT2D eigenvalue weighted by molar-refractivity contribution is 5.82. The van der Waals surface area contributed by atoms with Gasteiger partial charge in [0, 0.05) is 0 Å². The lowest BCUT2D eigenvalue weighted by atomic mass is 9.72. The van der Waals surface area contributed by atoms with Crippen LogP contribution in [-0.2, 0) is 14.3 Å². The largest absolute Gasteiger partial charge is 0.467 e. The van der Waals surface area contributed by atoms with Crippen molar-refractivity contribution in [2.24, 2.45) is 29.6 Å². The van der Waals surface area contributed by atoms with E-state index in [2.05, 4.69) is 5.32 Å². The van der Waals surface area contributed by atoms with Gasteiger partial charge in [-0.1, -0.05) is 0 Å². The Morgan fingerprint density at radius 2 is 1.79 bits per heavy atom. The summed E-state index contributed by atoms with van der Waals surface area (Å²) >= 11 is 0. The van der Waals surface area contributed by atoms with Gasteiger partial charge in [0.25, 0.3) is 0 Å². The molecule has 4 fully saturated rings. The SMILES string of the molecule is COC(=O)[C@@H](NC(=O)OC(C)(C)C)[C@@H](O)[C@H]1[C@H]2C[C@@H]3C[C@@H](C2)[C@@H]1C3. The van der Waals surface area contributed by atoms with Gasteiger partial charge in [0.1, 0.15) is 5.60 Å². The molecule has 4 aliphatic carbocycles. The van der Waals surface area contributed by atoms with Crippen molar-refractivity contribution in [3.8, 4) is 0 Å². The smallest absolute Gasteiger partial charge is 0.408 e. The van der Waals surface area contributed by atoms with Crippen molar-refractivity contribution in [2.75, 3.05) is 7.11 Å². The summed E-state index contributed by atoms with van der Waals surface area (Å²) in [6.45, 7) is 5.26. The number of carbonyl (C=O) groups is 2. The predicted octanol–water partition coefficient (Wildman–Crippen LogP) is 2.10. The van der Waals surface area contributed by atoms with Crippen molar-refractivity contribution in [2.45, 2.75) is 64.2 Å². The number of amides is 1. The van der Waals surface area contributed by atoms with E-state index in [1.165, 1.54) is 13.5 Å².